The first-order chi connectivity index (χ1) is 9.90. The van der Waals surface area contributed by atoms with Gasteiger partial charge in [-0.2, -0.15) is 0 Å². The fraction of sp³-hybridized carbons (Fsp3) is 0.400. The van der Waals surface area contributed by atoms with Crippen molar-refractivity contribution in [3.8, 4) is 5.75 Å². The number of benzene rings is 1. The zero-order valence-electron chi connectivity index (χ0n) is 12.6. The number of anilines is 1. The molecule has 6 heteroatoms. The molecule has 0 saturated heterocycles. The zero-order chi connectivity index (χ0) is 15.5. The molecule has 1 aromatic carbocycles. The summed E-state index contributed by atoms with van der Waals surface area (Å²) in [6, 6.07) is 7.80. The van der Waals surface area contributed by atoms with Crippen LogP contribution >= 0.6 is 11.3 Å². The summed E-state index contributed by atoms with van der Waals surface area (Å²) < 4.78 is 5.32. The van der Waals surface area contributed by atoms with Crippen molar-refractivity contribution in [3.05, 3.63) is 34.8 Å². The summed E-state index contributed by atoms with van der Waals surface area (Å²) in [7, 11) is 1.65. The van der Waals surface area contributed by atoms with E-state index in [2.05, 4.69) is 15.5 Å². The Hall–Kier alpha value is -1.95. The van der Waals surface area contributed by atoms with Crippen LogP contribution in [0.1, 0.15) is 31.3 Å². The number of hydrogen-bond donors (Lipinski definition) is 1. The molecule has 1 N–H and O–H groups in total. The zero-order valence-corrected chi connectivity index (χ0v) is 13.5. The van der Waals surface area contributed by atoms with E-state index in [4.69, 9.17) is 4.74 Å². The number of ether oxygens (including phenoxy) is 1. The van der Waals surface area contributed by atoms with E-state index in [1.165, 1.54) is 11.3 Å². The molecule has 0 aliphatic heterocycles. The monoisotopic (exact) mass is 305 g/mol. The van der Waals surface area contributed by atoms with Crippen molar-refractivity contribution in [1.82, 2.24) is 10.2 Å². The Morgan fingerprint density at radius 3 is 2.67 bits per heavy atom. The van der Waals surface area contributed by atoms with Crippen LogP contribution in [0.4, 0.5) is 5.13 Å². The summed E-state index contributed by atoms with van der Waals surface area (Å²) in [5.41, 5.74) is 0.596. The van der Waals surface area contributed by atoms with Crippen LogP contribution in [-0.4, -0.2) is 23.2 Å². The van der Waals surface area contributed by atoms with Crippen LogP contribution in [0.5, 0.6) is 5.75 Å². The third-order valence-electron chi connectivity index (χ3n) is 2.90. The minimum Gasteiger partial charge on any atom is -0.496 e. The third-order valence-corrected chi connectivity index (χ3v) is 3.74. The fourth-order valence-electron chi connectivity index (χ4n) is 1.67. The number of para-hydroxylation sites is 1. The van der Waals surface area contributed by atoms with Gasteiger partial charge in [-0.05, 0) is 6.07 Å². The maximum Gasteiger partial charge on any atom is 0.231 e. The Labute approximate surface area is 128 Å². The Morgan fingerprint density at radius 2 is 2.00 bits per heavy atom. The Balaban J connectivity index is 2.08. The molecule has 0 fully saturated rings. The van der Waals surface area contributed by atoms with E-state index in [-0.39, 0.29) is 5.91 Å². The largest absolute Gasteiger partial charge is 0.496 e. The van der Waals surface area contributed by atoms with Gasteiger partial charge < -0.3 is 10.1 Å². The second kappa shape index (κ2) is 6.22. The van der Waals surface area contributed by atoms with Gasteiger partial charge in [0.1, 0.15) is 10.8 Å². The van der Waals surface area contributed by atoms with Gasteiger partial charge in [0.2, 0.25) is 11.0 Å². The molecule has 0 aliphatic rings. The number of carbonyl (C=O) groups excluding carboxylic acids is 1. The van der Waals surface area contributed by atoms with Crippen molar-refractivity contribution in [2.75, 3.05) is 12.4 Å². The molecule has 0 aliphatic carbocycles. The van der Waals surface area contributed by atoms with Gasteiger partial charge in [0, 0.05) is 17.4 Å². The highest BCUT2D eigenvalue weighted by Gasteiger charge is 2.22. The molecule has 2 aromatic rings. The molecule has 2 rings (SSSR count). The summed E-state index contributed by atoms with van der Waals surface area (Å²) in [4.78, 5) is 11.9. The van der Waals surface area contributed by atoms with E-state index in [0.717, 1.165) is 16.3 Å². The fourth-order valence-corrected chi connectivity index (χ4v) is 2.43. The normalized spacial score (nSPS) is 11.2. The van der Waals surface area contributed by atoms with Crippen molar-refractivity contribution in [3.63, 3.8) is 0 Å². The van der Waals surface area contributed by atoms with Gasteiger partial charge in [-0.1, -0.05) is 50.3 Å². The summed E-state index contributed by atoms with van der Waals surface area (Å²) in [5.74, 6) is 0.760. The summed E-state index contributed by atoms with van der Waals surface area (Å²) in [6.07, 6.45) is 0.632. The number of nitrogens with one attached hydrogen (secondary N) is 1. The predicted molar refractivity (Wildman–Crippen MR) is 83.8 cm³/mol. The summed E-state index contributed by atoms with van der Waals surface area (Å²) in [6.45, 7) is 5.58. The maximum atomic E-state index is 11.9. The van der Waals surface area contributed by atoms with E-state index >= 15 is 0 Å². The minimum absolute atomic E-state index is 0.0671. The van der Waals surface area contributed by atoms with E-state index < -0.39 is 5.41 Å². The number of methoxy groups -OCH3 is 1. The topological polar surface area (TPSA) is 64.1 Å². The highest BCUT2D eigenvalue weighted by molar-refractivity contribution is 7.15. The molecule has 1 aromatic heterocycles. The standard InChI is InChI=1S/C15H19N3O2S/c1-15(2,3)13(19)16-14-18-17-12(21-14)9-10-7-5-6-8-11(10)20-4/h5-8H,9H2,1-4H3,(H,16,18,19). The van der Waals surface area contributed by atoms with Crippen LogP contribution in [-0.2, 0) is 11.2 Å². The molecule has 0 spiro atoms. The number of rotatable bonds is 4. The number of nitrogens with zero attached hydrogens (tertiary/aromatic N) is 2. The van der Waals surface area contributed by atoms with Crippen LogP contribution < -0.4 is 10.1 Å². The van der Waals surface area contributed by atoms with Crippen molar-refractivity contribution in [2.45, 2.75) is 27.2 Å². The van der Waals surface area contributed by atoms with Crippen LogP contribution in [0.2, 0.25) is 0 Å². The number of aromatic nitrogens is 2. The lowest BCUT2D eigenvalue weighted by Crippen LogP contribution is -2.27. The van der Waals surface area contributed by atoms with Crippen LogP contribution in [0, 0.1) is 5.41 Å². The van der Waals surface area contributed by atoms with E-state index in [9.17, 15) is 4.79 Å². The van der Waals surface area contributed by atoms with Gasteiger partial charge in [-0.3, -0.25) is 4.79 Å². The first kappa shape index (κ1) is 15.4. The van der Waals surface area contributed by atoms with Gasteiger partial charge in [-0.15, -0.1) is 10.2 Å². The van der Waals surface area contributed by atoms with Crippen molar-refractivity contribution in [2.24, 2.45) is 5.41 Å². The third kappa shape index (κ3) is 4.01. The Kier molecular flexibility index (Phi) is 4.57. The van der Waals surface area contributed by atoms with E-state index in [1.807, 2.05) is 45.0 Å². The lowest BCUT2D eigenvalue weighted by atomic mass is 9.96. The van der Waals surface area contributed by atoms with Gasteiger partial charge in [0.15, 0.2) is 0 Å². The average molecular weight is 305 g/mol. The number of amides is 1. The second-order valence-electron chi connectivity index (χ2n) is 5.69. The Bertz CT molecular complexity index is 632. The molecule has 0 radical (unpaired) electrons. The molecular weight excluding hydrogens is 286 g/mol. The predicted octanol–water partition coefficient (Wildman–Crippen LogP) is 3.12. The molecule has 0 saturated carbocycles. The van der Waals surface area contributed by atoms with Crippen molar-refractivity contribution >= 4 is 22.4 Å². The van der Waals surface area contributed by atoms with E-state index in [1.54, 1.807) is 7.11 Å². The molecule has 1 amide bonds. The van der Waals surface area contributed by atoms with Crippen LogP contribution in [0.15, 0.2) is 24.3 Å². The molecule has 112 valence electrons. The van der Waals surface area contributed by atoms with Crippen LogP contribution in [0.3, 0.4) is 0 Å². The Morgan fingerprint density at radius 1 is 1.29 bits per heavy atom. The second-order valence-corrected chi connectivity index (χ2v) is 6.76. The molecule has 0 bridgehead atoms. The molecule has 0 atom stereocenters. The highest BCUT2D eigenvalue weighted by Crippen LogP contribution is 2.25. The van der Waals surface area contributed by atoms with Crippen LogP contribution in [0.25, 0.3) is 0 Å². The molecule has 5 nitrogen and oxygen atoms in total. The quantitative estimate of drug-likeness (QED) is 0.942. The van der Waals surface area contributed by atoms with Gasteiger partial charge >= 0.3 is 0 Å². The first-order valence-corrected chi connectivity index (χ1v) is 7.47. The summed E-state index contributed by atoms with van der Waals surface area (Å²) >= 11 is 1.38. The highest BCUT2D eigenvalue weighted by atomic mass is 32.1. The average Bonchev–Trinajstić information content (AvgIpc) is 2.85. The van der Waals surface area contributed by atoms with Gasteiger partial charge in [0.25, 0.3) is 0 Å². The molecule has 0 unspecified atom stereocenters. The lowest BCUT2D eigenvalue weighted by Gasteiger charge is -2.15. The minimum atomic E-state index is -0.450. The first-order valence-electron chi connectivity index (χ1n) is 6.66. The molecule has 1 heterocycles. The van der Waals surface area contributed by atoms with Gasteiger partial charge in [-0.25, -0.2) is 0 Å². The van der Waals surface area contributed by atoms with Crippen molar-refractivity contribution in [1.29, 1.82) is 0 Å². The summed E-state index contributed by atoms with van der Waals surface area (Å²) in [5, 5.41) is 12.3. The SMILES string of the molecule is COc1ccccc1Cc1nnc(NC(=O)C(C)(C)C)s1. The number of carbonyl (C=O) groups is 1. The molecular formula is C15H19N3O2S. The smallest absolute Gasteiger partial charge is 0.231 e. The van der Waals surface area contributed by atoms with Gasteiger partial charge in [0.05, 0.1) is 7.11 Å². The molecule has 21 heavy (non-hydrogen) atoms. The lowest BCUT2D eigenvalue weighted by molar-refractivity contribution is -0.123. The maximum absolute atomic E-state index is 11.9. The number of hydrogen-bond acceptors (Lipinski definition) is 5. The van der Waals surface area contributed by atoms with Crippen molar-refractivity contribution < 1.29 is 9.53 Å². The van der Waals surface area contributed by atoms with E-state index in [0.29, 0.717) is 11.6 Å².